The third-order valence-electron chi connectivity index (χ3n) is 6.38. The Hall–Kier alpha value is -2.12. The van der Waals surface area contributed by atoms with E-state index in [-0.39, 0.29) is 0 Å². The zero-order valence-corrected chi connectivity index (χ0v) is 16.5. The number of benzene rings is 4. The fourth-order valence-electron chi connectivity index (χ4n) is 4.52. The molecule has 0 fully saturated rings. The van der Waals surface area contributed by atoms with Crippen LogP contribution in [0.4, 0.5) is 0 Å². The molecular formula is C24H26Si. The summed E-state index contributed by atoms with van der Waals surface area (Å²) in [5.41, 5.74) is 0. The lowest BCUT2D eigenvalue weighted by atomic mass is 9.97. The minimum absolute atomic E-state index is 1.32. The van der Waals surface area contributed by atoms with Gasteiger partial charge in [0.05, 0.1) is 8.07 Å². The molecule has 0 saturated heterocycles. The SMILES string of the molecule is CC[Si](CC)(CC)c1ccc2c(ccc3c4ccccc4ccc23)c1. The maximum absolute atomic E-state index is 2.49. The van der Waals surface area contributed by atoms with E-state index in [0.29, 0.717) is 0 Å². The van der Waals surface area contributed by atoms with Crippen molar-refractivity contribution in [1.29, 1.82) is 0 Å². The second-order valence-corrected chi connectivity index (χ2v) is 12.5. The second kappa shape index (κ2) is 6.31. The lowest BCUT2D eigenvalue weighted by Gasteiger charge is -2.29. The van der Waals surface area contributed by atoms with E-state index in [4.69, 9.17) is 0 Å². The third-order valence-corrected chi connectivity index (χ3v) is 12.0. The van der Waals surface area contributed by atoms with Gasteiger partial charge in [0.1, 0.15) is 0 Å². The monoisotopic (exact) mass is 342 g/mol. The lowest BCUT2D eigenvalue weighted by Crippen LogP contribution is -2.45. The van der Waals surface area contributed by atoms with Gasteiger partial charge in [-0.2, -0.15) is 0 Å². The average Bonchev–Trinajstić information content (AvgIpc) is 2.69. The van der Waals surface area contributed by atoms with Crippen molar-refractivity contribution >= 4 is 45.6 Å². The summed E-state index contributed by atoms with van der Waals surface area (Å²) in [6.45, 7) is 7.15. The fourth-order valence-corrected chi connectivity index (χ4v) is 8.14. The Morgan fingerprint density at radius 1 is 0.560 bits per heavy atom. The van der Waals surface area contributed by atoms with Crippen LogP contribution in [0, 0.1) is 0 Å². The standard InChI is InChI=1S/C24H26Si/c1-4-25(5-2,6-3)20-13-16-22-19(17-20)12-15-23-21-10-8-7-9-18(21)11-14-24(22)23/h7-17H,4-6H2,1-3H3. The first-order valence-electron chi connectivity index (χ1n) is 9.57. The molecule has 0 aromatic heterocycles. The summed E-state index contributed by atoms with van der Waals surface area (Å²) in [4.78, 5) is 0. The van der Waals surface area contributed by atoms with Gasteiger partial charge in [0.2, 0.25) is 0 Å². The van der Waals surface area contributed by atoms with E-state index >= 15 is 0 Å². The molecule has 0 nitrogen and oxygen atoms in total. The Bertz CT molecular complexity index is 1050. The van der Waals surface area contributed by atoms with Crippen LogP contribution >= 0.6 is 0 Å². The van der Waals surface area contributed by atoms with Crippen molar-refractivity contribution in [2.75, 3.05) is 0 Å². The summed E-state index contributed by atoms with van der Waals surface area (Å²) in [5.74, 6) is 0. The van der Waals surface area contributed by atoms with Crippen molar-refractivity contribution in [2.45, 2.75) is 38.9 Å². The molecule has 126 valence electrons. The van der Waals surface area contributed by atoms with E-state index in [1.165, 1.54) is 50.4 Å². The van der Waals surface area contributed by atoms with Crippen LogP contribution in [0.3, 0.4) is 0 Å². The molecule has 4 rings (SSSR count). The quantitative estimate of drug-likeness (QED) is 0.281. The predicted molar refractivity (Wildman–Crippen MR) is 116 cm³/mol. The van der Waals surface area contributed by atoms with Gasteiger partial charge in [-0.15, -0.1) is 0 Å². The average molecular weight is 343 g/mol. The summed E-state index contributed by atoms with van der Waals surface area (Å²) in [6, 6.07) is 29.2. The van der Waals surface area contributed by atoms with E-state index in [2.05, 4.69) is 87.5 Å². The first-order valence-corrected chi connectivity index (χ1v) is 12.2. The normalized spacial score (nSPS) is 12.3. The first kappa shape index (κ1) is 16.4. The number of hydrogen-bond donors (Lipinski definition) is 0. The Morgan fingerprint density at radius 2 is 1.12 bits per heavy atom. The summed E-state index contributed by atoms with van der Waals surface area (Å²) in [7, 11) is -1.32. The van der Waals surface area contributed by atoms with Gasteiger partial charge in [-0.1, -0.05) is 111 Å². The third kappa shape index (κ3) is 2.49. The van der Waals surface area contributed by atoms with Crippen molar-refractivity contribution in [3.8, 4) is 0 Å². The van der Waals surface area contributed by atoms with Crippen LogP contribution in [0.15, 0.2) is 66.7 Å². The molecule has 0 amide bonds. The smallest absolute Gasteiger partial charge is 0.0675 e. The van der Waals surface area contributed by atoms with Crippen LogP contribution in [0.25, 0.3) is 32.3 Å². The Balaban J connectivity index is 1.99. The van der Waals surface area contributed by atoms with Crippen molar-refractivity contribution in [2.24, 2.45) is 0 Å². The van der Waals surface area contributed by atoms with Crippen molar-refractivity contribution in [3.63, 3.8) is 0 Å². The summed E-state index contributed by atoms with van der Waals surface area (Å²) >= 11 is 0. The fraction of sp³-hybridized carbons (Fsp3) is 0.250. The highest BCUT2D eigenvalue weighted by molar-refractivity contribution is 6.91. The van der Waals surface area contributed by atoms with Gasteiger partial charge in [0.15, 0.2) is 0 Å². The Labute approximate surface area is 151 Å². The van der Waals surface area contributed by atoms with E-state index in [0.717, 1.165) is 0 Å². The zero-order valence-electron chi connectivity index (χ0n) is 15.5. The van der Waals surface area contributed by atoms with Crippen molar-refractivity contribution < 1.29 is 0 Å². The Kier molecular flexibility index (Phi) is 4.13. The number of rotatable bonds is 4. The molecular weight excluding hydrogens is 316 g/mol. The van der Waals surface area contributed by atoms with Gasteiger partial charge in [0.25, 0.3) is 0 Å². The summed E-state index contributed by atoms with van der Waals surface area (Å²) < 4.78 is 0. The summed E-state index contributed by atoms with van der Waals surface area (Å²) in [5, 5.41) is 9.83. The molecule has 0 saturated carbocycles. The molecule has 0 radical (unpaired) electrons. The predicted octanol–water partition coefficient (Wildman–Crippen LogP) is 6.86. The van der Waals surface area contributed by atoms with Crippen molar-refractivity contribution in [1.82, 2.24) is 0 Å². The van der Waals surface area contributed by atoms with E-state index < -0.39 is 8.07 Å². The second-order valence-electron chi connectivity index (χ2n) is 7.22. The maximum Gasteiger partial charge on any atom is 0.0859 e. The number of hydrogen-bond acceptors (Lipinski definition) is 0. The van der Waals surface area contributed by atoms with Gasteiger partial charge >= 0.3 is 0 Å². The molecule has 1 heteroatoms. The minimum atomic E-state index is -1.32. The maximum atomic E-state index is 2.49. The van der Waals surface area contributed by atoms with Gasteiger partial charge < -0.3 is 0 Å². The zero-order chi connectivity index (χ0) is 17.4. The largest absolute Gasteiger partial charge is 0.0859 e. The molecule has 0 unspecified atom stereocenters. The molecule has 0 aliphatic heterocycles. The van der Waals surface area contributed by atoms with Gasteiger partial charge in [-0.05, 0) is 32.3 Å². The first-order chi connectivity index (χ1) is 12.2. The van der Waals surface area contributed by atoms with Crippen LogP contribution in [0.5, 0.6) is 0 Å². The van der Waals surface area contributed by atoms with Gasteiger partial charge in [0, 0.05) is 0 Å². The van der Waals surface area contributed by atoms with Crippen molar-refractivity contribution in [3.05, 3.63) is 66.7 Å². The van der Waals surface area contributed by atoms with Gasteiger partial charge in [-0.3, -0.25) is 0 Å². The van der Waals surface area contributed by atoms with E-state index in [9.17, 15) is 0 Å². The molecule has 0 atom stereocenters. The Morgan fingerprint density at radius 3 is 1.80 bits per heavy atom. The van der Waals surface area contributed by atoms with E-state index in [1.807, 2.05) is 0 Å². The molecule has 0 heterocycles. The van der Waals surface area contributed by atoms with Crippen LogP contribution < -0.4 is 5.19 Å². The van der Waals surface area contributed by atoms with Crippen LogP contribution in [-0.4, -0.2) is 8.07 Å². The van der Waals surface area contributed by atoms with Crippen LogP contribution in [-0.2, 0) is 0 Å². The highest BCUT2D eigenvalue weighted by Crippen LogP contribution is 2.31. The highest BCUT2D eigenvalue weighted by atomic mass is 28.3. The molecule has 25 heavy (non-hydrogen) atoms. The lowest BCUT2D eigenvalue weighted by molar-refractivity contribution is 1.20. The van der Waals surface area contributed by atoms with Crippen LogP contribution in [0.1, 0.15) is 20.8 Å². The molecule has 0 aliphatic carbocycles. The molecule has 0 N–H and O–H groups in total. The number of fused-ring (bicyclic) bond motifs is 5. The van der Waals surface area contributed by atoms with E-state index in [1.54, 1.807) is 5.19 Å². The molecule has 0 aliphatic rings. The molecule has 0 spiro atoms. The van der Waals surface area contributed by atoms with Crippen LogP contribution in [0.2, 0.25) is 18.1 Å². The molecule has 4 aromatic carbocycles. The molecule has 0 bridgehead atoms. The summed E-state index contributed by atoms with van der Waals surface area (Å²) in [6.07, 6.45) is 0. The molecule has 4 aromatic rings. The van der Waals surface area contributed by atoms with Gasteiger partial charge in [-0.25, -0.2) is 0 Å². The highest BCUT2D eigenvalue weighted by Gasteiger charge is 2.29. The minimum Gasteiger partial charge on any atom is -0.0675 e. The topological polar surface area (TPSA) is 0 Å².